The van der Waals surface area contributed by atoms with Crippen molar-refractivity contribution < 1.29 is 4.79 Å². The minimum Gasteiger partial charge on any atom is -0.357 e. The van der Waals surface area contributed by atoms with Gasteiger partial charge in [-0.15, -0.1) is 24.0 Å². The highest BCUT2D eigenvalue weighted by Crippen LogP contribution is 2.31. The summed E-state index contributed by atoms with van der Waals surface area (Å²) in [6.07, 6.45) is 2.39. The number of fused-ring (bicyclic) bond motifs is 1. The molecule has 0 radical (unpaired) electrons. The SMILES string of the molecule is CCNC(=NCc1ccc(N2CCN(C)CC2)nc1)NCC1CC(=O)Nc2ccccc21.I. The van der Waals surface area contributed by atoms with Gasteiger partial charge in [-0.1, -0.05) is 24.3 Å². The second kappa shape index (κ2) is 12.2. The molecule has 1 aromatic heterocycles. The number of rotatable bonds is 6. The van der Waals surface area contributed by atoms with Crippen LogP contribution in [0.3, 0.4) is 0 Å². The molecular formula is C24H34IN7O. The largest absolute Gasteiger partial charge is 0.357 e. The number of amides is 1. The maximum atomic E-state index is 12.1. The van der Waals surface area contributed by atoms with Gasteiger partial charge in [-0.25, -0.2) is 9.98 Å². The molecule has 4 rings (SSSR count). The third-order valence-electron chi connectivity index (χ3n) is 6.02. The summed E-state index contributed by atoms with van der Waals surface area (Å²) in [5.41, 5.74) is 3.14. The first-order valence-corrected chi connectivity index (χ1v) is 11.4. The molecule has 2 aliphatic rings. The predicted molar refractivity (Wildman–Crippen MR) is 145 cm³/mol. The van der Waals surface area contributed by atoms with E-state index >= 15 is 0 Å². The van der Waals surface area contributed by atoms with Gasteiger partial charge in [0.25, 0.3) is 0 Å². The van der Waals surface area contributed by atoms with Gasteiger partial charge in [0.2, 0.25) is 5.91 Å². The highest BCUT2D eigenvalue weighted by Gasteiger charge is 2.24. The monoisotopic (exact) mass is 563 g/mol. The molecular weight excluding hydrogens is 529 g/mol. The fraction of sp³-hybridized carbons (Fsp3) is 0.458. The van der Waals surface area contributed by atoms with Gasteiger partial charge >= 0.3 is 0 Å². The molecule has 3 N–H and O–H groups in total. The number of aromatic nitrogens is 1. The molecule has 1 saturated heterocycles. The summed E-state index contributed by atoms with van der Waals surface area (Å²) in [6, 6.07) is 12.2. The lowest BCUT2D eigenvalue weighted by Crippen LogP contribution is -2.44. The molecule has 1 aromatic carbocycles. The van der Waals surface area contributed by atoms with E-state index in [0.29, 0.717) is 19.5 Å². The molecule has 8 nitrogen and oxygen atoms in total. The molecule has 0 bridgehead atoms. The first-order valence-electron chi connectivity index (χ1n) is 11.4. The Morgan fingerprint density at radius 2 is 1.94 bits per heavy atom. The van der Waals surface area contributed by atoms with Crippen LogP contribution in [-0.2, 0) is 11.3 Å². The van der Waals surface area contributed by atoms with Gasteiger partial charge in [0.15, 0.2) is 5.96 Å². The van der Waals surface area contributed by atoms with Crippen molar-refractivity contribution in [2.75, 3.05) is 56.5 Å². The minimum atomic E-state index is 0. The van der Waals surface area contributed by atoms with E-state index in [-0.39, 0.29) is 35.8 Å². The Kier molecular flexibility index (Phi) is 9.30. The van der Waals surface area contributed by atoms with Crippen LogP contribution in [0.4, 0.5) is 11.5 Å². The van der Waals surface area contributed by atoms with E-state index in [2.05, 4.69) is 56.0 Å². The second-order valence-corrected chi connectivity index (χ2v) is 8.43. The van der Waals surface area contributed by atoms with E-state index in [1.165, 1.54) is 5.56 Å². The third-order valence-corrected chi connectivity index (χ3v) is 6.02. The number of piperazine rings is 1. The van der Waals surface area contributed by atoms with Gasteiger partial charge in [0.05, 0.1) is 6.54 Å². The summed E-state index contributed by atoms with van der Waals surface area (Å²) in [5.74, 6) is 1.96. The molecule has 33 heavy (non-hydrogen) atoms. The Hall–Kier alpha value is -2.40. The van der Waals surface area contributed by atoms with Crippen LogP contribution < -0.4 is 20.9 Å². The van der Waals surface area contributed by atoms with Crippen molar-refractivity contribution in [3.05, 3.63) is 53.7 Å². The van der Waals surface area contributed by atoms with E-state index in [9.17, 15) is 4.79 Å². The van der Waals surface area contributed by atoms with Crippen LogP contribution in [0.5, 0.6) is 0 Å². The Bertz CT molecular complexity index is 942. The van der Waals surface area contributed by atoms with Gasteiger partial charge in [0, 0.05) is 63.5 Å². The number of benzene rings is 1. The Labute approximate surface area is 213 Å². The number of guanidine groups is 1. The van der Waals surface area contributed by atoms with Crippen LogP contribution in [0.15, 0.2) is 47.6 Å². The van der Waals surface area contributed by atoms with Crippen LogP contribution in [0, 0.1) is 0 Å². The van der Waals surface area contributed by atoms with Crippen molar-refractivity contribution in [1.82, 2.24) is 20.5 Å². The number of pyridine rings is 1. The Morgan fingerprint density at radius 3 is 2.67 bits per heavy atom. The van der Waals surface area contributed by atoms with E-state index in [1.807, 2.05) is 31.3 Å². The number of carbonyl (C=O) groups excluding carboxylic acids is 1. The molecule has 1 unspecified atom stereocenters. The Morgan fingerprint density at radius 1 is 1.15 bits per heavy atom. The third kappa shape index (κ3) is 6.80. The standard InChI is InChI=1S/C24H33N7O.HI/c1-3-25-24(28-17-19-14-23(32)29-21-7-5-4-6-20(19)21)27-16-18-8-9-22(26-15-18)31-12-10-30(2)11-13-31;/h4-9,15,19H,3,10-14,16-17H2,1-2H3,(H,29,32)(H2,25,27,28);1H. The summed E-state index contributed by atoms with van der Waals surface area (Å²) >= 11 is 0. The summed E-state index contributed by atoms with van der Waals surface area (Å²) in [6.45, 7) is 8.18. The molecule has 1 fully saturated rings. The molecule has 0 saturated carbocycles. The number of carbonyl (C=O) groups is 1. The first kappa shape index (κ1) is 25.2. The zero-order valence-electron chi connectivity index (χ0n) is 19.4. The molecule has 2 aromatic rings. The number of nitrogens with one attached hydrogen (secondary N) is 3. The average Bonchev–Trinajstić information content (AvgIpc) is 2.81. The fourth-order valence-corrected chi connectivity index (χ4v) is 4.15. The van der Waals surface area contributed by atoms with Crippen molar-refractivity contribution in [1.29, 1.82) is 0 Å². The molecule has 9 heteroatoms. The van der Waals surface area contributed by atoms with Gasteiger partial charge < -0.3 is 25.8 Å². The number of halogens is 1. The number of aliphatic imine (C=N–C) groups is 1. The van der Waals surface area contributed by atoms with Gasteiger partial charge in [-0.3, -0.25) is 4.79 Å². The maximum absolute atomic E-state index is 12.1. The minimum absolute atomic E-state index is 0. The van der Waals surface area contributed by atoms with Crippen LogP contribution >= 0.6 is 24.0 Å². The average molecular weight is 563 g/mol. The van der Waals surface area contributed by atoms with E-state index < -0.39 is 0 Å². The van der Waals surface area contributed by atoms with Crippen LogP contribution in [0.25, 0.3) is 0 Å². The first-order chi connectivity index (χ1) is 15.6. The molecule has 0 spiro atoms. The second-order valence-electron chi connectivity index (χ2n) is 8.43. The van der Waals surface area contributed by atoms with Crippen LogP contribution in [-0.4, -0.2) is 68.1 Å². The molecule has 1 atom stereocenters. The van der Waals surface area contributed by atoms with Crippen molar-refractivity contribution in [2.45, 2.75) is 25.8 Å². The van der Waals surface area contributed by atoms with E-state index in [1.54, 1.807) is 0 Å². The smallest absolute Gasteiger partial charge is 0.225 e. The summed E-state index contributed by atoms with van der Waals surface area (Å²) in [4.78, 5) is 26.1. The summed E-state index contributed by atoms with van der Waals surface area (Å²) < 4.78 is 0. The molecule has 2 aliphatic heterocycles. The van der Waals surface area contributed by atoms with Crippen LogP contribution in [0.1, 0.15) is 30.4 Å². The maximum Gasteiger partial charge on any atom is 0.225 e. The zero-order valence-corrected chi connectivity index (χ0v) is 21.7. The topological polar surface area (TPSA) is 84.9 Å². The van der Waals surface area contributed by atoms with Gasteiger partial charge in [0.1, 0.15) is 5.82 Å². The van der Waals surface area contributed by atoms with Crippen molar-refractivity contribution in [3.8, 4) is 0 Å². The fourth-order valence-electron chi connectivity index (χ4n) is 4.15. The lowest BCUT2D eigenvalue weighted by Gasteiger charge is -2.33. The highest BCUT2D eigenvalue weighted by molar-refractivity contribution is 14.0. The lowest BCUT2D eigenvalue weighted by molar-refractivity contribution is -0.116. The summed E-state index contributed by atoms with van der Waals surface area (Å²) in [5, 5.41) is 9.67. The Balaban J connectivity index is 0.00000306. The number of hydrogen-bond donors (Lipinski definition) is 3. The molecule has 0 aliphatic carbocycles. The predicted octanol–water partition coefficient (Wildman–Crippen LogP) is 2.63. The zero-order chi connectivity index (χ0) is 22.3. The van der Waals surface area contributed by atoms with E-state index in [4.69, 9.17) is 4.99 Å². The molecule has 1 amide bonds. The van der Waals surface area contributed by atoms with Crippen LogP contribution in [0.2, 0.25) is 0 Å². The van der Waals surface area contributed by atoms with Gasteiger partial charge in [-0.2, -0.15) is 0 Å². The van der Waals surface area contributed by atoms with Gasteiger partial charge in [-0.05, 0) is 37.2 Å². The number of likely N-dealkylation sites (N-methyl/N-ethyl adjacent to an activating group) is 1. The molecule has 3 heterocycles. The number of nitrogens with zero attached hydrogens (tertiary/aromatic N) is 4. The lowest BCUT2D eigenvalue weighted by atomic mass is 9.90. The number of para-hydroxylation sites is 1. The van der Waals surface area contributed by atoms with E-state index in [0.717, 1.165) is 55.8 Å². The number of hydrogen-bond acceptors (Lipinski definition) is 5. The normalized spacial score (nSPS) is 18.7. The summed E-state index contributed by atoms with van der Waals surface area (Å²) in [7, 11) is 2.16. The van der Waals surface area contributed by atoms with Crippen molar-refractivity contribution >= 4 is 47.3 Å². The van der Waals surface area contributed by atoms with Crippen molar-refractivity contribution in [3.63, 3.8) is 0 Å². The number of anilines is 2. The molecule has 178 valence electrons. The van der Waals surface area contributed by atoms with Crippen molar-refractivity contribution in [2.24, 2.45) is 4.99 Å². The quantitative estimate of drug-likeness (QED) is 0.285. The highest BCUT2D eigenvalue weighted by atomic mass is 127.